The van der Waals surface area contributed by atoms with Crippen molar-refractivity contribution in [2.24, 2.45) is 0 Å². The Kier molecular flexibility index (Phi) is 4.04. The molecule has 2 aromatic rings. The zero-order valence-corrected chi connectivity index (χ0v) is 11.3. The number of benzene rings is 1. The Bertz CT molecular complexity index is 573. The van der Waals surface area contributed by atoms with Crippen LogP contribution < -0.4 is 5.32 Å². The Balaban J connectivity index is 2.55. The van der Waals surface area contributed by atoms with E-state index < -0.39 is 11.6 Å². The van der Waals surface area contributed by atoms with Crippen molar-refractivity contribution in [2.75, 3.05) is 7.05 Å². The molecule has 0 fully saturated rings. The Morgan fingerprint density at radius 2 is 2.06 bits per heavy atom. The van der Waals surface area contributed by atoms with Gasteiger partial charge in [0.15, 0.2) is 0 Å². The van der Waals surface area contributed by atoms with Gasteiger partial charge in [0.05, 0.1) is 10.0 Å². The smallest absolute Gasteiger partial charge is 0.148 e. The lowest BCUT2D eigenvalue weighted by Crippen LogP contribution is -2.05. The quantitative estimate of drug-likeness (QED) is 0.877. The fraction of sp³-hybridized carbons (Fsp3) is 0.154. The summed E-state index contributed by atoms with van der Waals surface area (Å²) < 4.78 is 27.9. The number of rotatable bonds is 3. The first-order valence-electron chi connectivity index (χ1n) is 5.36. The monoisotopic (exact) mass is 312 g/mol. The van der Waals surface area contributed by atoms with E-state index in [9.17, 15) is 8.78 Å². The van der Waals surface area contributed by atoms with Crippen molar-refractivity contribution in [3.63, 3.8) is 0 Å². The first-order chi connectivity index (χ1) is 8.63. The molecule has 0 aliphatic carbocycles. The highest BCUT2D eigenvalue weighted by atomic mass is 79.9. The van der Waals surface area contributed by atoms with Gasteiger partial charge in [-0.1, -0.05) is 0 Å². The number of hydrogen-bond acceptors (Lipinski definition) is 2. The predicted octanol–water partition coefficient (Wildman–Crippen LogP) is 3.51. The molecular formula is C13H11BrF2N2. The van der Waals surface area contributed by atoms with Crippen LogP contribution in [0.5, 0.6) is 0 Å². The highest BCUT2D eigenvalue weighted by Crippen LogP contribution is 2.30. The third-order valence-electron chi connectivity index (χ3n) is 2.51. The average molecular weight is 313 g/mol. The normalized spacial score (nSPS) is 10.7. The van der Waals surface area contributed by atoms with Gasteiger partial charge in [-0.05, 0) is 46.7 Å². The Labute approximate surface area is 112 Å². The second-order valence-corrected chi connectivity index (χ2v) is 4.68. The number of nitrogens with zero attached hydrogens (tertiary/aromatic N) is 1. The molecule has 2 nitrogen and oxygen atoms in total. The van der Waals surface area contributed by atoms with Crippen molar-refractivity contribution < 1.29 is 8.78 Å². The summed E-state index contributed by atoms with van der Waals surface area (Å²) in [5.74, 6) is -1.21. The molecule has 0 bridgehead atoms. The Hall–Kier alpha value is -1.33. The van der Waals surface area contributed by atoms with E-state index in [1.165, 1.54) is 18.3 Å². The van der Waals surface area contributed by atoms with Crippen LogP contribution in [0.2, 0.25) is 0 Å². The minimum atomic E-state index is -0.613. The second-order valence-electron chi connectivity index (χ2n) is 3.83. The van der Waals surface area contributed by atoms with E-state index >= 15 is 0 Å². The van der Waals surface area contributed by atoms with Crippen LogP contribution in [0.3, 0.4) is 0 Å². The van der Waals surface area contributed by atoms with Crippen LogP contribution in [0.4, 0.5) is 8.78 Å². The summed E-state index contributed by atoms with van der Waals surface area (Å²) in [7, 11) is 1.80. The molecule has 2 rings (SSSR count). The molecule has 0 amide bonds. The second kappa shape index (κ2) is 5.54. The fourth-order valence-electron chi connectivity index (χ4n) is 1.72. The van der Waals surface area contributed by atoms with Gasteiger partial charge in [0.2, 0.25) is 0 Å². The summed E-state index contributed by atoms with van der Waals surface area (Å²) in [6, 6.07) is 4.30. The molecule has 1 aromatic heterocycles. The first-order valence-corrected chi connectivity index (χ1v) is 6.15. The maximum absolute atomic E-state index is 13.9. The lowest BCUT2D eigenvalue weighted by Gasteiger charge is -2.08. The van der Waals surface area contributed by atoms with Crippen LogP contribution in [0.1, 0.15) is 5.56 Å². The molecule has 0 atom stereocenters. The number of halogens is 3. The van der Waals surface area contributed by atoms with Gasteiger partial charge in [0.25, 0.3) is 0 Å². The molecule has 0 saturated carbocycles. The van der Waals surface area contributed by atoms with Crippen molar-refractivity contribution in [2.45, 2.75) is 6.54 Å². The summed E-state index contributed by atoms with van der Waals surface area (Å²) >= 11 is 3.05. The van der Waals surface area contributed by atoms with E-state index in [1.807, 2.05) is 0 Å². The van der Waals surface area contributed by atoms with Gasteiger partial charge in [0, 0.05) is 24.5 Å². The minimum Gasteiger partial charge on any atom is -0.316 e. The average Bonchev–Trinajstić information content (AvgIpc) is 2.35. The highest BCUT2D eigenvalue weighted by Gasteiger charge is 2.14. The molecule has 1 heterocycles. The SMILES string of the molecule is CNCc1cncc(-c2c(F)ccc(Br)c2F)c1. The third kappa shape index (κ3) is 2.57. The molecule has 1 aromatic carbocycles. The number of aromatic nitrogens is 1. The summed E-state index contributed by atoms with van der Waals surface area (Å²) in [5.41, 5.74) is 1.24. The van der Waals surface area contributed by atoms with Crippen molar-refractivity contribution in [3.8, 4) is 11.1 Å². The topological polar surface area (TPSA) is 24.9 Å². The molecule has 0 aliphatic rings. The predicted molar refractivity (Wildman–Crippen MR) is 70.1 cm³/mol. The lowest BCUT2D eigenvalue weighted by atomic mass is 10.0. The first kappa shape index (κ1) is 13.1. The molecule has 0 aliphatic heterocycles. The van der Waals surface area contributed by atoms with Gasteiger partial charge >= 0.3 is 0 Å². The van der Waals surface area contributed by atoms with Crippen LogP contribution in [-0.2, 0) is 6.54 Å². The standard InChI is InChI=1S/C13H11BrF2N2/c1-17-5-8-4-9(7-18-6-8)12-11(15)3-2-10(14)13(12)16/h2-4,6-7,17H,5H2,1H3. The molecule has 0 radical (unpaired) electrons. The lowest BCUT2D eigenvalue weighted by molar-refractivity contribution is 0.585. The molecule has 0 saturated heterocycles. The van der Waals surface area contributed by atoms with Crippen LogP contribution in [0.15, 0.2) is 35.1 Å². The zero-order chi connectivity index (χ0) is 13.1. The molecule has 0 spiro atoms. The van der Waals surface area contributed by atoms with Crippen molar-refractivity contribution >= 4 is 15.9 Å². The summed E-state index contributed by atoms with van der Waals surface area (Å²) in [6.07, 6.45) is 3.11. The van der Waals surface area contributed by atoms with Crippen LogP contribution in [0.25, 0.3) is 11.1 Å². The minimum absolute atomic E-state index is 0.0603. The van der Waals surface area contributed by atoms with E-state index in [1.54, 1.807) is 19.3 Å². The van der Waals surface area contributed by atoms with E-state index in [-0.39, 0.29) is 10.0 Å². The van der Waals surface area contributed by atoms with Crippen LogP contribution in [-0.4, -0.2) is 12.0 Å². The van der Waals surface area contributed by atoms with Gasteiger partial charge < -0.3 is 5.32 Å². The number of hydrogen-bond donors (Lipinski definition) is 1. The van der Waals surface area contributed by atoms with Gasteiger partial charge in [-0.2, -0.15) is 0 Å². The zero-order valence-electron chi connectivity index (χ0n) is 9.67. The number of nitrogens with one attached hydrogen (secondary N) is 1. The van der Waals surface area contributed by atoms with Gasteiger partial charge in [-0.3, -0.25) is 4.98 Å². The molecule has 18 heavy (non-hydrogen) atoms. The van der Waals surface area contributed by atoms with Crippen LogP contribution >= 0.6 is 15.9 Å². The highest BCUT2D eigenvalue weighted by molar-refractivity contribution is 9.10. The number of pyridine rings is 1. The van der Waals surface area contributed by atoms with Gasteiger partial charge in [0.1, 0.15) is 11.6 Å². The maximum atomic E-state index is 13.9. The molecular weight excluding hydrogens is 302 g/mol. The molecule has 5 heteroatoms. The van der Waals surface area contributed by atoms with E-state index in [0.29, 0.717) is 12.1 Å². The summed E-state index contributed by atoms with van der Waals surface area (Å²) in [4.78, 5) is 4.00. The Morgan fingerprint density at radius 3 is 2.78 bits per heavy atom. The van der Waals surface area contributed by atoms with Crippen molar-refractivity contribution in [1.82, 2.24) is 10.3 Å². The van der Waals surface area contributed by atoms with E-state index in [2.05, 4.69) is 26.2 Å². The third-order valence-corrected chi connectivity index (χ3v) is 3.12. The summed E-state index contributed by atoms with van der Waals surface area (Å²) in [5, 5.41) is 2.97. The largest absolute Gasteiger partial charge is 0.316 e. The van der Waals surface area contributed by atoms with Crippen molar-refractivity contribution in [1.29, 1.82) is 0 Å². The molecule has 0 unspecified atom stereocenters. The molecule has 94 valence electrons. The summed E-state index contributed by atoms with van der Waals surface area (Å²) in [6.45, 7) is 0.595. The fourth-order valence-corrected chi connectivity index (χ4v) is 2.05. The van der Waals surface area contributed by atoms with Crippen LogP contribution in [0, 0.1) is 11.6 Å². The van der Waals surface area contributed by atoms with E-state index in [4.69, 9.17) is 0 Å². The Morgan fingerprint density at radius 1 is 1.28 bits per heavy atom. The van der Waals surface area contributed by atoms with Gasteiger partial charge in [-0.15, -0.1) is 0 Å². The maximum Gasteiger partial charge on any atom is 0.148 e. The molecule has 1 N–H and O–H groups in total. The van der Waals surface area contributed by atoms with Gasteiger partial charge in [-0.25, -0.2) is 8.78 Å². The van der Waals surface area contributed by atoms with Crippen molar-refractivity contribution in [3.05, 3.63) is 52.3 Å². The van der Waals surface area contributed by atoms with E-state index in [0.717, 1.165) is 5.56 Å².